The van der Waals surface area contributed by atoms with Gasteiger partial charge in [-0.2, -0.15) is 0 Å². The molecule has 9 heavy (non-hydrogen) atoms. The van der Waals surface area contributed by atoms with Gasteiger partial charge in [0.2, 0.25) is 0 Å². The van der Waals surface area contributed by atoms with E-state index in [2.05, 4.69) is 45.2 Å². The zero-order valence-corrected chi connectivity index (χ0v) is 9.12. The van der Waals surface area contributed by atoms with Crippen LogP contribution in [0.4, 0.5) is 0 Å². The van der Waals surface area contributed by atoms with Crippen LogP contribution in [0.1, 0.15) is 0 Å². The molecule has 0 aliphatic heterocycles. The summed E-state index contributed by atoms with van der Waals surface area (Å²) in [6, 6.07) is 0. The molecule has 0 aromatic carbocycles. The van der Waals surface area contributed by atoms with Crippen LogP contribution in [0.2, 0.25) is 0 Å². The number of ether oxygens (including phenoxy) is 3. The van der Waals surface area contributed by atoms with E-state index < -0.39 is 0 Å². The van der Waals surface area contributed by atoms with Crippen molar-refractivity contribution in [3.05, 3.63) is 0 Å². The van der Waals surface area contributed by atoms with E-state index >= 15 is 0 Å². The summed E-state index contributed by atoms with van der Waals surface area (Å²) >= 11 is 4.21. The van der Waals surface area contributed by atoms with Gasteiger partial charge >= 0.3 is 0 Å². The summed E-state index contributed by atoms with van der Waals surface area (Å²) in [6.45, 7) is 0.638. The molecule has 0 bridgehead atoms. The first-order chi connectivity index (χ1) is 4.41. The van der Waals surface area contributed by atoms with Crippen LogP contribution < -0.4 is 0 Å². The second kappa shape index (κ2) is 9.34. The Balaban J connectivity index is 2.60. The first kappa shape index (κ1) is 10.3. The minimum absolute atomic E-state index is 0.319. The fraction of sp³-hybridized carbons (Fsp3) is 1.00. The lowest BCUT2D eigenvalue weighted by Gasteiger charge is -2.01. The van der Waals surface area contributed by atoms with Crippen LogP contribution in [0.3, 0.4) is 0 Å². The summed E-state index contributed by atoms with van der Waals surface area (Å²) in [6.07, 6.45) is 0. The number of hydrogen-bond donors (Lipinski definition) is 0. The maximum absolute atomic E-state index is 4.86. The number of alkyl halides is 2. The van der Waals surface area contributed by atoms with Gasteiger partial charge in [-0.05, 0) is 0 Å². The summed E-state index contributed by atoms with van der Waals surface area (Å²) in [5.74, 6) is 0. The lowest BCUT2D eigenvalue weighted by molar-refractivity contribution is -0.111. The van der Waals surface area contributed by atoms with Crippen LogP contribution in [0.15, 0.2) is 0 Å². The maximum Gasteiger partial charge on any atom is 0.150 e. The van der Waals surface area contributed by atoms with Gasteiger partial charge in [0.15, 0.2) is 13.6 Å². The first-order valence-corrected chi connectivity index (χ1v) is 5.32. The minimum Gasteiger partial charge on any atom is -0.345 e. The van der Waals surface area contributed by atoms with Crippen molar-refractivity contribution >= 4 is 45.2 Å². The predicted octanol–water partition coefficient (Wildman–Crippen LogP) is 1.74. The van der Waals surface area contributed by atoms with Crippen molar-refractivity contribution in [3.63, 3.8) is 0 Å². The quantitative estimate of drug-likeness (QED) is 0.314. The molecule has 0 unspecified atom stereocenters. The third-order valence-electron chi connectivity index (χ3n) is 0.488. The molecule has 0 aromatic heterocycles. The number of hydrogen-bond acceptors (Lipinski definition) is 3. The summed E-state index contributed by atoms with van der Waals surface area (Å²) in [4.78, 5) is 0. The van der Waals surface area contributed by atoms with E-state index in [1.54, 1.807) is 0 Å². The van der Waals surface area contributed by atoms with Crippen LogP contribution in [0.5, 0.6) is 0 Å². The van der Waals surface area contributed by atoms with Crippen LogP contribution in [-0.4, -0.2) is 22.8 Å². The van der Waals surface area contributed by atoms with Gasteiger partial charge in [0.1, 0.15) is 9.23 Å². The van der Waals surface area contributed by atoms with Crippen molar-refractivity contribution in [2.24, 2.45) is 0 Å². The smallest absolute Gasteiger partial charge is 0.150 e. The number of rotatable bonds is 6. The Bertz CT molecular complexity index is 47.1. The Morgan fingerprint density at radius 1 is 0.778 bits per heavy atom. The molecule has 0 spiro atoms. The van der Waals surface area contributed by atoms with Crippen LogP contribution >= 0.6 is 45.2 Å². The topological polar surface area (TPSA) is 27.7 Å². The van der Waals surface area contributed by atoms with Crippen LogP contribution in [0, 0.1) is 0 Å². The predicted molar refractivity (Wildman–Crippen MR) is 50.8 cm³/mol. The third-order valence-corrected chi connectivity index (χ3v) is 1.37. The van der Waals surface area contributed by atoms with Crippen LogP contribution in [0.25, 0.3) is 0 Å². The lowest BCUT2D eigenvalue weighted by atomic mass is 11.3. The number of halogens is 2. The fourth-order valence-electron chi connectivity index (χ4n) is 0.215. The molecular formula is C4H8I2O3. The molecule has 0 heterocycles. The van der Waals surface area contributed by atoms with E-state index in [0.29, 0.717) is 22.8 Å². The monoisotopic (exact) mass is 358 g/mol. The molecule has 0 amide bonds. The highest BCUT2D eigenvalue weighted by molar-refractivity contribution is 14.1. The van der Waals surface area contributed by atoms with Gasteiger partial charge in [-0.25, -0.2) is 0 Å². The van der Waals surface area contributed by atoms with Gasteiger partial charge in [-0.15, -0.1) is 0 Å². The van der Waals surface area contributed by atoms with E-state index in [-0.39, 0.29) is 0 Å². The lowest BCUT2D eigenvalue weighted by Crippen LogP contribution is -2.02. The largest absolute Gasteiger partial charge is 0.345 e. The molecule has 0 aliphatic carbocycles. The summed E-state index contributed by atoms with van der Waals surface area (Å²) in [5, 5.41) is 0. The van der Waals surface area contributed by atoms with E-state index in [0.717, 1.165) is 0 Å². The molecule has 56 valence electrons. The highest BCUT2D eigenvalue weighted by Crippen LogP contribution is 1.87. The van der Waals surface area contributed by atoms with Gasteiger partial charge in [-0.1, -0.05) is 45.2 Å². The Kier molecular flexibility index (Phi) is 10.7. The molecule has 0 rings (SSSR count). The third kappa shape index (κ3) is 9.34. The van der Waals surface area contributed by atoms with E-state index in [4.69, 9.17) is 14.2 Å². The zero-order valence-electron chi connectivity index (χ0n) is 4.81. The van der Waals surface area contributed by atoms with Gasteiger partial charge < -0.3 is 14.2 Å². The highest BCUT2D eigenvalue weighted by atomic mass is 127. The molecule has 3 nitrogen and oxygen atoms in total. The Hall–Kier alpha value is 1.34. The van der Waals surface area contributed by atoms with Crippen molar-refractivity contribution in [3.8, 4) is 0 Å². The molecule has 0 aromatic rings. The van der Waals surface area contributed by atoms with Gasteiger partial charge in [0.25, 0.3) is 0 Å². The normalized spacial score (nSPS) is 10.0. The van der Waals surface area contributed by atoms with E-state index in [1.807, 2.05) is 0 Å². The Labute approximate surface area is 81.7 Å². The zero-order chi connectivity index (χ0) is 6.95. The molecule has 0 radical (unpaired) electrons. The summed E-state index contributed by atoms with van der Waals surface area (Å²) < 4.78 is 15.9. The summed E-state index contributed by atoms with van der Waals surface area (Å²) in [7, 11) is 0. The molecule has 0 saturated heterocycles. The second-order valence-corrected chi connectivity index (χ2v) is 2.31. The van der Waals surface area contributed by atoms with Crippen molar-refractivity contribution in [2.45, 2.75) is 0 Å². The molecule has 0 saturated carbocycles. The fourth-order valence-corrected chi connectivity index (χ4v) is 0.574. The first-order valence-electron chi connectivity index (χ1n) is 2.27. The van der Waals surface area contributed by atoms with Gasteiger partial charge in [0, 0.05) is 0 Å². The van der Waals surface area contributed by atoms with Crippen LogP contribution in [-0.2, 0) is 14.2 Å². The van der Waals surface area contributed by atoms with Crippen molar-refractivity contribution < 1.29 is 14.2 Å². The maximum atomic E-state index is 4.86. The molecular weight excluding hydrogens is 350 g/mol. The minimum atomic E-state index is 0.319. The summed E-state index contributed by atoms with van der Waals surface area (Å²) in [5.41, 5.74) is 0. The average Bonchev–Trinajstić information content (AvgIpc) is 1.89. The average molecular weight is 358 g/mol. The van der Waals surface area contributed by atoms with Crippen molar-refractivity contribution in [2.75, 3.05) is 22.8 Å². The van der Waals surface area contributed by atoms with Crippen molar-refractivity contribution in [1.29, 1.82) is 0 Å². The molecule has 5 heteroatoms. The van der Waals surface area contributed by atoms with E-state index in [9.17, 15) is 0 Å². The highest BCUT2D eigenvalue weighted by Gasteiger charge is 1.83. The SMILES string of the molecule is ICOCOCOCI. The molecule has 0 atom stereocenters. The molecule has 0 fully saturated rings. The standard InChI is InChI=1S/C4H8I2O3/c5-1-7-3-9-4-8-2-6/h1-4H2. The molecule has 0 aliphatic rings. The van der Waals surface area contributed by atoms with Gasteiger partial charge in [0.05, 0.1) is 0 Å². The van der Waals surface area contributed by atoms with E-state index in [1.165, 1.54) is 0 Å². The Morgan fingerprint density at radius 2 is 1.22 bits per heavy atom. The molecule has 0 N–H and O–H groups in total. The second-order valence-electron chi connectivity index (χ2n) is 1.07. The van der Waals surface area contributed by atoms with Gasteiger partial charge in [-0.3, -0.25) is 0 Å². The Morgan fingerprint density at radius 3 is 1.56 bits per heavy atom. The van der Waals surface area contributed by atoms with Crippen molar-refractivity contribution in [1.82, 2.24) is 0 Å².